The van der Waals surface area contributed by atoms with E-state index in [0.717, 1.165) is 8.68 Å². The smallest absolute Gasteiger partial charge is 0.243 e. The van der Waals surface area contributed by atoms with Crippen molar-refractivity contribution in [3.63, 3.8) is 0 Å². The molecular weight excluding hydrogens is 444 g/mol. The molecule has 1 fully saturated rings. The molecule has 0 unspecified atom stereocenters. The SMILES string of the molecule is O=C(CSc1cccs1)N1CCN(S(=O)(=O)c2cccc(Br)c2)CC1. The van der Waals surface area contributed by atoms with E-state index in [-0.39, 0.29) is 10.8 Å². The molecule has 1 aliphatic heterocycles. The molecule has 9 heteroatoms. The van der Waals surface area contributed by atoms with Crippen molar-refractivity contribution >= 4 is 55.0 Å². The van der Waals surface area contributed by atoms with Crippen molar-refractivity contribution in [1.82, 2.24) is 9.21 Å². The minimum atomic E-state index is -3.52. The van der Waals surface area contributed by atoms with Crippen molar-refractivity contribution in [2.45, 2.75) is 9.10 Å². The lowest BCUT2D eigenvalue weighted by Crippen LogP contribution is -2.50. The van der Waals surface area contributed by atoms with Crippen LogP contribution in [0.15, 0.2) is 55.4 Å². The lowest BCUT2D eigenvalue weighted by molar-refractivity contribution is -0.129. The Morgan fingerprint density at radius 3 is 2.56 bits per heavy atom. The first-order chi connectivity index (χ1) is 12.0. The van der Waals surface area contributed by atoms with Crippen LogP contribution in [0.5, 0.6) is 0 Å². The van der Waals surface area contributed by atoms with Gasteiger partial charge in [-0.1, -0.05) is 28.1 Å². The van der Waals surface area contributed by atoms with Gasteiger partial charge in [-0.3, -0.25) is 4.79 Å². The van der Waals surface area contributed by atoms with E-state index in [0.29, 0.717) is 31.9 Å². The molecule has 3 rings (SSSR count). The van der Waals surface area contributed by atoms with Gasteiger partial charge in [-0.05, 0) is 29.6 Å². The summed E-state index contributed by atoms with van der Waals surface area (Å²) in [6, 6.07) is 10.6. The molecule has 5 nitrogen and oxygen atoms in total. The predicted molar refractivity (Wildman–Crippen MR) is 105 cm³/mol. The van der Waals surface area contributed by atoms with E-state index in [2.05, 4.69) is 15.9 Å². The van der Waals surface area contributed by atoms with Crippen molar-refractivity contribution in [1.29, 1.82) is 0 Å². The van der Waals surface area contributed by atoms with Crippen LogP contribution in [0.4, 0.5) is 0 Å². The summed E-state index contributed by atoms with van der Waals surface area (Å²) in [5.41, 5.74) is 0. The molecule has 25 heavy (non-hydrogen) atoms. The summed E-state index contributed by atoms with van der Waals surface area (Å²) in [6.07, 6.45) is 0. The predicted octanol–water partition coefficient (Wildman–Crippen LogP) is 3.14. The minimum absolute atomic E-state index is 0.0536. The number of benzene rings is 1. The Balaban J connectivity index is 1.57. The van der Waals surface area contributed by atoms with E-state index in [1.54, 1.807) is 40.5 Å². The third kappa shape index (κ3) is 4.65. The average Bonchev–Trinajstić information content (AvgIpc) is 3.13. The van der Waals surface area contributed by atoms with Gasteiger partial charge in [-0.15, -0.1) is 23.1 Å². The Hall–Kier alpha value is -0.870. The van der Waals surface area contributed by atoms with Gasteiger partial charge < -0.3 is 4.90 Å². The normalized spacial score (nSPS) is 16.1. The van der Waals surface area contributed by atoms with E-state index in [4.69, 9.17) is 0 Å². The van der Waals surface area contributed by atoms with Gasteiger partial charge in [0.1, 0.15) is 0 Å². The van der Waals surface area contributed by atoms with Crippen molar-refractivity contribution < 1.29 is 13.2 Å². The molecule has 0 aliphatic carbocycles. The van der Waals surface area contributed by atoms with Crippen LogP contribution < -0.4 is 0 Å². The Labute approximate surface area is 164 Å². The van der Waals surface area contributed by atoms with Gasteiger partial charge in [-0.2, -0.15) is 4.31 Å². The molecule has 1 aliphatic rings. The molecule has 2 aromatic rings. The molecule has 134 valence electrons. The molecule has 0 spiro atoms. The Morgan fingerprint density at radius 2 is 1.92 bits per heavy atom. The third-order valence-corrected chi connectivity index (χ3v) is 8.36. The number of carbonyl (C=O) groups is 1. The number of thioether (sulfide) groups is 1. The minimum Gasteiger partial charge on any atom is -0.339 e. The Morgan fingerprint density at radius 1 is 1.16 bits per heavy atom. The van der Waals surface area contributed by atoms with Gasteiger partial charge in [0, 0.05) is 30.7 Å². The van der Waals surface area contributed by atoms with Gasteiger partial charge in [0.2, 0.25) is 15.9 Å². The first kappa shape index (κ1) is 18.9. The quantitative estimate of drug-likeness (QED) is 0.643. The first-order valence-corrected chi connectivity index (χ1v) is 11.8. The molecule has 0 atom stereocenters. The van der Waals surface area contributed by atoms with Crippen LogP contribution in [0.3, 0.4) is 0 Å². The van der Waals surface area contributed by atoms with E-state index in [1.165, 1.54) is 16.1 Å². The van der Waals surface area contributed by atoms with E-state index >= 15 is 0 Å². The van der Waals surface area contributed by atoms with E-state index < -0.39 is 10.0 Å². The van der Waals surface area contributed by atoms with Crippen LogP contribution in [0.25, 0.3) is 0 Å². The topological polar surface area (TPSA) is 57.7 Å². The summed E-state index contributed by atoms with van der Waals surface area (Å²) < 4.78 is 28.7. The van der Waals surface area contributed by atoms with Gasteiger partial charge in [0.05, 0.1) is 14.9 Å². The van der Waals surface area contributed by atoms with E-state index in [1.807, 2.05) is 17.5 Å². The number of piperazine rings is 1. The van der Waals surface area contributed by atoms with Crippen LogP contribution in [0.2, 0.25) is 0 Å². The summed E-state index contributed by atoms with van der Waals surface area (Å²) in [6.45, 7) is 1.50. The second-order valence-electron chi connectivity index (χ2n) is 5.46. The monoisotopic (exact) mass is 460 g/mol. The molecule has 2 heterocycles. The lowest BCUT2D eigenvalue weighted by Gasteiger charge is -2.34. The van der Waals surface area contributed by atoms with Crippen molar-refractivity contribution in [3.8, 4) is 0 Å². The van der Waals surface area contributed by atoms with Crippen molar-refractivity contribution in [2.75, 3.05) is 31.9 Å². The summed E-state index contributed by atoms with van der Waals surface area (Å²) >= 11 is 6.44. The summed E-state index contributed by atoms with van der Waals surface area (Å²) in [4.78, 5) is 14.3. The second kappa shape index (κ2) is 8.22. The second-order valence-corrected chi connectivity index (χ2v) is 10.5. The van der Waals surface area contributed by atoms with Gasteiger partial charge in [0.15, 0.2) is 0 Å². The number of sulfonamides is 1. The van der Waals surface area contributed by atoms with Crippen LogP contribution in [-0.4, -0.2) is 55.5 Å². The fourth-order valence-electron chi connectivity index (χ4n) is 2.52. The molecule has 0 radical (unpaired) electrons. The molecule has 0 N–H and O–H groups in total. The number of carbonyl (C=O) groups excluding carboxylic acids is 1. The van der Waals surface area contributed by atoms with Gasteiger partial charge >= 0.3 is 0 Å². The Bertz CT molecular complexity index is 832. The van der Waals surface area contributed by atoms with Crippen LogP contribution in [0.1, 0.15) is 0 Å². The molecule has 1 saturated heterocycles. The number of hydrogen-bond acceptors (Lipinski definition) is 5. The number of hydrogen-bond donors (Lipinski definition) is 0. The standard InChI is InChI=1S/C16H17BrN2O3S3/c17-13-3-1-4-14(11-13)25(21,22)19-8-6-18(7-9-19)15(20)12-24-16-5-2-10-23-16/h1-5,10-11H,6-9,12H2. The zero-order valence-electron chi connectivity index (χ0n) is 13.3. The van der Waals surface area contributed by atoms with Crippen LogP contribution >= 0.6 is 39.0 Å². The molecule has 1 aromatic carbocycles. The molecular formula is C16H17BrN2O3S3. The maximum Gasteiger partial charge on any atom is 0.243 e. The largest absolute Gasteiger partial charge is 0.339 e. The number of halogens is 1. The van der Waals surface area contributed by atoms with Crippen molar-refractivity contribution in [2.24, 2.45) is 0 Å². The average molecular weight is 461 g/mol. The fraction of sp³-hybridized carbons (Fsp3) is 0.312. The maximum atomic E-state index is 12.7. The number of nitrogens with zero attached hydrogens (tertiary/aromatic N) is 2. The third-order valence-electron chi connectivity index (χ3n) is 3.86. The number of rotatable bonds is 5. The van der Waals surface area contributed by atoms with Gasteiger partial charge in [0.25, 0.3) is 0 Å². The number of thiophene rings is 1. The highest BCUT2D eigenvalue weighted by molar-refractivity contribution is 9.10. The van der Waals surface area contributed by atoms with Crippen molar-refractivity contribution in [3.05, 3.63) is 46.3 Å². The fourth-order valence-corrected chi connectivity index (χ4v) is 6.23. The maximum absolute atomic E-state index is 12.7. The first-order valence-electron chi connectivity index (χ1n) is 7.66. The molecule has 0 saturated carbocycles. The van der Waals surface area contributed by atoms with Gasteiger partial charge in [-0.25, -0.2) is 8.42 Å². The highest BCUT2D eigenvalue weighted by Gasteiger charge is 2.30. The number of amides is 1. The zero-order chi connectivity index (χ0) is 17.9. The summed E-state index contributed by atoms with van der Waals surface area (Å²) in [5, 5.41) is 1.98. The summed E-state index contributed by atoms with van der Waals surface area (Å²) in [5.74, 6) is 0.441. The zero-order valence-corrected chi connectivity index (χ0v) is 17.3. The molecule has 1 aromatic heterocycles. The molecule has 0 bridgehead atoms. The van der Waals surface area contributed by atoms with E-state index in [9.17, 15) is 13.2 Å². The molecule has 1 amide bonds. The highest BCUT2D eigenvalue weighted by atomic mass is 79.9. The lowest BCUT2D eigenvalue weighted by atomic mass is 10.3. The Kier molecular flexibility index (Phi) is 6.21. The van der Waals surface area contributed by atoms with Crippen LogP contribution in [0, 0.1) is 0 Å². The highest BCUT2D eigenvalue weighted by Crippen LogP contribution is 2.24. The van der Waals surface area contributed by atoms with Crippen LogP contribution in [-0.2, 0) is 14.8 Å². The summed E-state index contributed by atoms with van der Waals surface area (Å²) in [7, 11) is -3.52.